The number of allylic oxidation sites excluding steroid dienone is 4. The van der Waals surface area contributed by atoms with E-state index in [0.717, 1.165) is 38.9 Å². The van der Waals surface area contributed by atoms with Crippen LogP contribution in [-0.2, 0) is 14.2 Å². The molecule has 31 heavy (non-hydrogen) atoms. The van der Waals surface area contributed by atoms with E-state index in [1.54, 1.807) is 0 Å². The first-order valence-corrected chi connectivity index (χ1v) is 13.4. The third kappa shape index (κ3) is 37.0. The number of unbranched alkanes of at least 4 members (excludes halogenated alkanes) is 11. The predicted octanol–water partition coefficient (Wildman–Crippen LogP) is 9.37. The lowest BCUT2D eigenvalue weighted by Gasteiger charge is -2.05. The van der Waals surface area contributed by atoms with Crippen molar-refractivity contribution in [3.05, 3.63) is 24.3 Å². The molecule has 0 rings (SSSR count). The van der Waals surface area contributed by atoms with Crippen molar-refractivity contribution in [1.29, 1.82) is 0 Å². The quantitative estimate of drug-likeness (QED) is 0.0899. The molecule has 0 aromatic carbocycles. The summed E-state index contributed by atoms with van der Waals surface area (Å²) in [6, 6.07) is 0. The fourth-order valence-corrected chi connectivity index (χ4v) is 2.84. The molecule has 0 N–H and O–H groups in total. The van der Waals surface area contributed by atoms with Crippen LogP contribution in [0.5, 0.6) is 0 Å². The molecule has 0 unspecified atom stereocenters. The van der Waals surface area contributed by atoms with Crippen LogP contribution in [-0.4, -0.2) is 26.8 Å². The van der Waals surface area contributed by atoms with Gasteiger partial charge in [0.15, 0.2) is 0 Å². The van der Waals surface area contributed by atoms with Crippen molar-refractivity contribution in [2.75, 3.05) is 26.8 Å². The first kappa shape index (κ1) is 32.5. The Bertz CT molecular complexity index is 329. The molecule has 0 amide bonds. The third-order valence-electron chi connectivity index (χ3n) is 4.90. The van der Waals surface area contributed by atoms with Gasteiger partial charge in [-0.25, -0.2) is 0 Å². The molecule has 186 valence electrons. The van der Waals surface area contributed by atoms with Gasteiger partial charge in [-0.05, 0) is 51.4 Å². The van der Waals surface area contributed by atoms with Gasteiger partial charge in [0.2, 0.25) is 0 Å². The summed E-state index contributed by atoms with van der Waals surface area (Å²) in [7, 11) is 0. The average Bonchev–Trinajstić information content (AvgIpc) is 2.79. The van der Waals surface area contributed by atoms with Crippen LogP contribution in [0.1, 0.15) is 130 Å². The van der Waals surface area contributed by atoms with Crippen molar-refractivity contribution in [2.24, 2.45) is 0 Å². The highest BCUT2D eigenvalue weighted by Crippen LogP contribution is 2.09. The zero-order valence-electron chi connectivity index (χ0n) is 21.7. The van der Waals surface area contributed by atoms with Crippen LogP contribution in [0.3, 0.4) is 0 Å². The Morgan fingerprint density at radius 1 is 0.419 bits per heavy atom. The first-order valence-electron chi connectivity index (χ1n) is 13.4. The highest BCUT2D eigenvalue weighted by Gasteiger charge is 1.90. The number of hydrogen-bond donors (Lipinski definition) is 0. The van der Waals surface area contributed by atoms with Crippen molar-refractivity contribution in [2.45, 2.75) is 130 Å². The van der Waals surface area contributed by atoms with Gasteiger partial charge >= 0.3 is 0 Å². The van der Waals surface area contributed by atoms with Gasteiger partial charge in [-0.2, -0.15) is 0 Å². The molecule has 3 heteroatoms. The average molecular weight is 441 g/mol. The van der Waals surface area contributed by atoms with Crippen molar-refractivity contribution >= 4 is 0 Å². The Labute approximate surface area is 196 Å². The van der Waals surface area contributed by atoms with E-state index in [-0.39, 0.29) is 0 Å². The predicted molar refractivity (Wildman–Crippen MR) is 138 cm³/mol. The summed E-state index contributed by atoms with van der Waals surface area (Å²) in [6.07, 6.45) is 30.1. The van der Waals surface area contributed by atoms with E-state index in [0.29, 0.717) is 13.6 Å². The second-order valence-electron chi connectivity index (χ2n) is 8.16. The molecule has 0 bridgehead atoms. The van der Waals surface area contributed by atoms with Crippen LogP contribution < -0.4 is 0 Å². The van der Waals surface area contributed by atoms with E-state index in [4.69, 9.17) is 14.2 Å². The zero-order valence-corrected chi connectivity index (χ0v) is 21.7. The Kier molecular flexibility index (Phi) is 35.7. The molecule has 0 radical (unpaired) electrons. The van der Waals surface area contributed by atoms with Gasteiger partial charge in [-0.1, -0.05) is 103 Å². The monoisotopic (exact) mass is 440 g/mol. The Hall–Kier alpha value is -0.640. The lowest BCUT2D eigenvalue weighted by Crippen LogP contribution is -2.06. The summed E-state index contributed by atoms with van der Waals surface area (Å²) in [6.45, 7) is 11.0. The summed E-state index contributed by atoms with van der Waals surface area (Å²) in [5, 5.41) is 0. The minimum Gasteiger partial charge on any atom is -0.355 e. The van der Waals surface area contributed by atoms with Crippen molar-refractivity contribution in [3.63, 3.8) is 0 Å². The molecular formula is C28H56O3. The first-order chi connectivity index (χ1) is 15.3. The molecule has 0 heterocycles. The topological polar surface area (TPSA) is 27.7 Å². The standard InChI is InChI=1S/C18H34.C10H22O3/c1-3-5-7-9-11-13-15-17-18-16-14-12-10-8-6-4-2;1-3-5-7-11-9-13-10-12-8-6-4-2/h5,7,10,12H,3-4,6,8-9,11,13-18H2,1-2H3;3-10H2,1-2H3/b7-5+,12-10+;. The molecule has 0 spiro atoms. The lowest BCUT2D eigenvalue weighted by atomic mass is 10.1. The molecule has 0 aliphatic rings. The van der Waals surface area contributed by atoms with Gasteiger partial charge in [0.05, 0.1) is 0 Å². The van der Waals surface area contributed by atoms with Gasteiger partial charge in [-0.15, -0.1) is 0 Å². The summed E-state index contributed by atoms with van der Waals surface area (Å²) < 4.78 is 15.4. The van der Waals surface area contributed by atoms with Gasteiger partial charge in [0.1, 0.15) is 13.6 Å². The van der Waals surface area contributed by atoms with E-state index in [2.05, 4.69) is 52.0 Å². The van der Waals surface area contributed by atoms with Crippen LogP contribution in [0.4, 0.5) is 0 Å². The maximum Gasteiger partial charge on any atom is 0.149 e. The van der Waals surface area contributed by atoms with Crippen LogP contribution in [0, 0.1) is 0 Å². The zero-order chi connectivity index (χ0) is 23.1. The van der Waals surface area contributed by atoms with Crippen LogP contribution in [0.15, 0.2) is 24.3 Å². The molecule has 0 atom stereocenters. The summed E-state index contributed by atoms with van der Waals surface area (Å²) in [5.74, 6) is 0. The molecule has 0 saturated carbocycles. The Morgan fingerprint density at radius 3 is 1.29 bits per heavy atom. The van der Waals surface area contributed by atoms with Crippen molar-refractivity contribution in [3.8, 4) is 0 Å². The maximum atomic E-state index is 5.18. The molecule has 0 aromatic rings. The highest BCUT2D eigenvalue weighted by atomic mass is 16.7. The van der Waals surface area contributed by atoms with Crippen LogP contribution >= 0.6 is 0 Å². The Morgan fingerprint density at radius 2 is 0.839 bits per heavy atom. The van der Waals surface area contributed by atoms with E-state index in [1.165, 1.54) is 77.0 Å². The molecule has 0 saturated heterocycles. The minimum atomic E-state index is 0.353. The fraction of sp³-hybridized carbons (Fsp3) is 0.857. The van der Waals surface area contributed by atoms with Gasteiger partial charge in [-0.3, -0.25) is 0 Å². The summed E-state index contributed by atoms with van der Waals surface area (Å²) in [5.41, 5.74) is 0. The normalized spacial score (nSPS) is 11.4. The van der Waals surface area contributed by atoms with Gasteiger partial charge in [0.25, 0.3) is 0 Å². The van der Waals surface area contributed by atoms with Gasteiger partial charge in [0, 0.05) is 13.2 Å². The van der Waals surface area contributed by atoms with E-state index >= 15 is 0 Å². The SMILES string of the molecule is CC/C=C/CCCCCCCC/C=C/CCCC.CCCCOCOCOCCCC. The molecule has 0 aliphatic carbocycles. The molecule has 0 aromatic heterocycles. The summed E-state index contributed by atoms with van der Waals surface area (Å²) >= 11 is 0. The highest BCUT2D eigenvalue weighted by molar-refractivity contribution is 4.81. The van der Waals surface area contributed by atoms with E-state index < -0.39 is 0 Å². The van der Waals surface area contributed by atoms with E-state index in [9.17, 15) is 0 Å². The van der Waals surface area contributed by atoms with Crippen LogP contribution in [0.25, 0.3) is 0 Å². The van der Waals surface area contributed by atoms with Gasteiger partial charge < -0.3 is 14.2 Å². The molecule has 0 aliphatic heterocycles. The fourth-order valence-electron chi connectivity index (χ4n) is 2.84. The molecule has 0 fully saturated rings. The van der Waals surface area contributed by atoms with Crippen molar-refractivity contribution in [1.82, 2.24) is 0 Å². The third-order valence-corrected chi connectivity index (χ3v) is 4.90. The largest absolute Gasteiger partial charge is 0.355 e. The minimum absolute atomic E-state index is 0.353. The lowest BCUT2D eigenvalue weighted by molar-refractivity contribution is -0.131. The van der Waals surface area contributed by atoms with E-state index in [1.807, 2.05) is 0 Å². The summed E-state index contributed by atoms with van der Waals surface area (Å²) in [4.78, 5) is 0. The number of hydrogen-bond acceptors (Lipinski definition) is 3. The Balaban J connectivity index is 0. The van der Waals surface area contributed by atoms with Crippen molar-refractivity contribution < 1.29 is 14.2 Å². The van der Waals surface area contributed by atoms with Crippen LogP contribution in [0.2, 0.25) is 0 Å². The second kappa shape index (κ2) is 34.0. The maximum absolute atomic E-state index is 5.18. The molecular weight excluding hydrogens is 384 g/mol. The second-order valence-corrected chi connectivity index (χ2v) is 8.16. The smallest absolute Gasteiger partial charge is 0.149 e. The number of ether oxygens (including phenoxy) is 3. The number of rotatable bonds is 23. The molecule has 3 nitrogen and oxygen atoms in total.